The molecule has 2 atom stereocenters. The molecule has 1 aliphatic heterocycles. The van der Waals surface area contributed by atoms with Crippen molar-refractivity contribution in [2.24, 2.45) is 11.8 Å². The van der Waals surface area contributed by atoms with Gasteiger partial charge in [0.15, 0.2) is 5.82 Å². The monoisotopic (exact) mass is 273 g/mol. The third kappa shape index (κ3) is 1.78. The van der Waals surface area contributed by atoms with Crippen molar-refractivity contribution in [1.29, 1.82) is 0 Å². The molecule has 20 heavy (non-hydrogen) atoms. The van der Waals surface area contributed by atoms with E-state index in [1.165, 1.54) is 4.90 Å². The van der Waals surface area contributed by atoms with Crippen LogP contribution in [0.4, 0.5) is 0 Å². The molecule has 0 aromatic carbocycles. The van der Waals surface area contributed by atoms with E-state index in [1.807, 2.05) is 12.2 Å². The van der Waals surface area contributed by atoms with Crippen LogP contribution in [0, 0.1) is 11.8 Å². The van der Waals surface area contributed by atoms with E-state index in [-0.39, 0.29) is 30.2 Å². The number of fused-ring (bicyclic) bond motifs is 1. The minimum atomic E-state index is -0.192. The van der Waals surface area contributed by atoms with E-state index in [2.05, 4.69) is 10.1 Å². The summed E-state index contributed by atoms with van der Waals surface area (Å²) in [7, 11) is 0. The van der Waals surface area contributed by atoms with Gasteiger partial charge in [0.05, 0.1) is 18.4 Å². The van der Waals surface area contributed by atoms with Crippen LogP contribution < -0.4 is 0 Å². The molecule has 2 aliphatic carbocycles. The number of allylic oxidation sites excluding steroid dienone is 2. The van der Waals surface area contributed by atoms with Crippen LogP contribution in [0.15, 0.2) is 16.7 Å². The maximum atomic E-state index is 12.3. The van der Waals surface area contributed by atoms with Gasteiger partial charge in [0, 0.05) is 5.92 Å². The van der Waals surface area contributed by atoms with E-state index in [0.717, 1.165) is 12.8 Å². The Morgan fingerprint density at radius 3 is 2.40 bits per heavy atom. The number of likely N-dealkylation sites (tertiary alicyclic amines) is 1. The van der Waals surface area contributed by atoms with Gasteiger partial charge in [-0.05, 0) is 25.7 Å². The van der Waals surface area contributed by atoms with Gasteiger partial charge >= 0.3 is 0 Å². The molecule has 1 saturated heterocycles. The Bertz CT molecular complexity index is 577. The highest BCUT2D eigenvalue weighted by atomic mass is 16.5. The Balaban J connectivity index is 1.53. The predicted molar refractivity (Wildman–Crippen MR) is 67.2 cm³/mol. The van der Waals surface area contributed by atoms with Gasteiger partial charge in [-0.3, -0.25) is 14.5 Å². The molecule has 0 bridgehead atoms. The number of carbonyl (C=O) groups excluding carboxylic acids is 2. The highest BCUT2D eigenvalue weighted by molar-refractivity contribution is 6.05. The van der Waals surface area contributed by atoms with Crippen LogP contribution in [-0.4, -0.2) is 26.9 Å². The first-order chi connectivity index (χ1) is 9.74. The lowest BCUT2D eigenvalue weighted by atomic mass is 9.85. The van der Waals surface area contributed by atoms with Gasteiger partial charge in [0.25, 0.3) is 0 Å². The molecular weight excluding hydrogens is 258 g/mol. The zero-order valence-corrected chi connectivity index (χ0v) is 11.0. The largest absolute Gasteiger partial charge is 0.339 e. The first kappa shape index (κ1) is 11.8. The number of hydrogen-bond donors (Lipinski definition) is 0. The third-order valence-electron chi connectivity index (χ3n) is 4.31. The predicted octanol–water partition coefficient (Wildman–Crippen LogP) is 1.40. The lowest BCUT2D eigenvalue weighted by Crippen LogP contribution is -2.31. The van der Waals surface area contributed by atoms with Crippen LogP contribution in [0.25, 0.3) is 0 Å². The Morgan fingerprint density at radius 1 is 1.15 bits per heavy atom. The molecule has 4 rings (SSSR count). The average molecular weight is 273 g/mol. The van der Waals surface area contributed by atoms with Gasteiger partial charge in [-0.1, -0.05) is 17.3 Å². The number of nitrogens with zero attached hydrogens (tertiary/aromatic N) is 3. The maximum absolute atomic E-state index is 12.3. The minimum Gasteiger partial charge on any atom is -0.339 e. The normalized spacial score (nSPS) is 29.1. The molecule has 0 N–H and O–H groups in total. The molecular formula is C14H15N3O3. The summed E-state index contributed by atoms with van der Waals surface area (Å²) in [4.78, 5) is 30.2. The topological polar surface area (TPSA) is 76.3 Å². The van der Waals surface area contributed by atoms with Crippen LogP contribution in [0.1, 0.15) is 43.3 Å². The second kappa shape index (κ2) is 4.26. The van der Waals surface area contributed by atoms with Gasteiger partial charge in [-0.2, -0.15) is 4.98 Å². The van der Waals surface area contributed by atoms with Crippen molar-refractivity contribution in [2.75, 3.05) is 0 Å². The average Bonchev–Trinajstić information content (AvgIpc) is 3.18. The van der Waals surface area contributed by atoms with E-state index in [4.69, 9.17) is 4.52 Å². The van der Waals surface area contributed by atoms with Crippen molar-refractivity contribution in [1.82, 2.24) is 15.0 Å². The molecule has 1 aromatic heterocycles. The molecule has 6 heteroatoms. The second-order valence-corrected chi connectivity index (χ2v) is 5.74. The summed E-state index contributed by atoms with van der Waals surface area (Å²) in [5.74, 6) is 0.875. The smallest absolute Gasteiger partial charge is 0.233 e. The lowest BCUT2D eigenvalue weighted by molar-refractivity contribution is -0.140. The van der Waals surface area contributed by atoms with Gasteiger partial charge in [-0.15, -0.1) is 0 Å². The highest BCUT2D eigenvalue weighted by Crippen LogP contribution is 2.39. The number of hydrogen-bond acceptors (Lipinski definition) is 5. The second-order valence-electron chi connectivity index (χ2n) is 5.74. The summed E-state index contributed by atoms with van der Waals surface area (Å²) in [6.07, 6.45) is 7.44. The highest BCUT2D eigenvalue weighted by Gasteiger charge is 2.47. The van der Waals surface area contributed by atoms with Crippen LogP contribution in [-0.2, 0) is 16.1 Å². The molecule has 2 amide bonds. The zero-order valence-electron chi connectivity index (χ0n) is 11.0. The van der Waals surface area contributed by atoms with E-state index in [1.54, 1.807) is 0 Å². The molecule has 2 heterocycles. The number of amides is 2. The van der Waals surface area contributed by atoms with Crippen molar-refractivity contribution in [3.05, 3.63) is 23.9 Å². The van der Waals surface area contributed by atoms with Gasteiger partial charge < -0.3 is 4.52 Å². The number of aromatic nitrogens is 2. The molecule has 0 unspecified atom stereocenters. The molecule has 2 fully saturated rings. The van der Waals surface area contributed by atoms with Crippen LogP contribution in [0.5, 0.6) is 0 Å². The fourth-order valence-electron chi connectivity index (χ4n) is 2.99. The van der Waals surface area contributed by atoms with E-state index < -0.39 is 0 Å². The molecule has 6 nitrogen and oxygen atoms in total. The fraction of sp³-hybridized carbons (Fsp3) is 0.571. The molecule has 3 aliphatic rings. The van der Waals surface area contributed by atoms with Crippen molar-refractivity contribution in [3.63, 3.8) is 0 Å². The van der Waals surface area contributed by atoms with Crippen molar-refractivity contribution < 1.29 is 14.1 Å². The summed E-state index contributed by atoms with van der Waals surface area (Å²) in [5.41, 5.74) is 0. The fourth-order valence-corrected chi connectivity index (χ4v) is 2.99. The Morgan fingerprint density at radius 2 is 1.80 bits per heavy atom. The Kier molecular flexibility index (Phi) is 2.52. The molecule has 104 valence electrons. The quantitative estimate of drug-likeness (QED) is 0.614. The molecule has 1 saturated carbocycles. The van der Waals surface area contributed by atoms with E-state index in [9.17, 15) is 9.59 Å². The van der Waals surface area contributed by atoms with E-state index >= 15 is 0 Å². The van der Waals surface area contributed by atoms with Gasteiger partial charge in [-0.25, -0.2) is 0 Å². The summed E-state index contributed by atoms with van der Waals surface area (Å²) in [6, 6.07) is 0. The van der Waals surface area contributed by atoms with Gasteiger partial charge in [0.1, 0.15) is 0 Å². The molecule has 0 radical (unpaired) electrons. The first-order valence-corrected chi connectivity index (χ1v) is 7.06. The summed E-state index contributed by atoms with van der Waals surface area (Å²) in [6.45, 7) is 0.140. The molecule has 0 spiro atoms. The lowest BCUT2D eigenvalue weighted by Gasteiger charge is -2.14. The van der Waals surface area contributed by atoms with Crippen molar-refractivity contribution in [3.8, 4) is 0 Å². The Hall–Kier alpha value is -1.98. The SMILES string of the molecule is O=C1[C@@H]2CC=CC[C@H]2C(=O)N1Cc1noc(C2CC2)n1. The maximum Gasteiger partial charge on any atom is 0.233 e. The number of rotatable bonds is 3. The number of imide groups is 1. The Labute approximate surface area is 115 Å². The van der Waals surface area contributed by atoms with E-state index in [0.29, 0.717) is 30.5 Å². The van der Waals surface area contributed by atoms with Crippen LogP contribution in [0.2, 0.25) is 0 Å². The van der Waals surface area contributed by atoms with Crippen LogP contribution in [0.3, 0.4) is 0 Å². The number of carbonyl (C=O) groups is 2. The standard InChI is InChI=1S/C14H15N3O3/c18-13-9-3-1-2-4-10(9)14(19)17(13)7-11-15-12(20-16-11)8-5-6-8/h1-2,8-10H,3-7H2/t9-,10-/m1/s1. The third-order valence-corrected chi connectivity index (χ3v) is 4.31. The zero-order chi connectivity index (χ0) is 13.7. The van der Waals surface area contributed by atoms with Crippen molar-refractivity contribution in [2.45, 2.75) is 38.1 Å². The first-order valence-electron chi connectivity index (χ1n) is 7.06. The summed E-state index contributed by atoms with van der Waals surface area (Å²) >= 11 is 0. The van der Waals surface area contributed by atoms with Crippen molar-refractivity contribution >= 4 is 11.8 Å². The summed E-state index contributed by atoms with van der Waals surface area (Å²) in [5, 5.41) is 3.88. The molecule has 1 aromatic rings. The van der Waals surface area contributed by atoms with Crippen LogP contribution >= 0.6 is 0 Å². The summed E-state index contributed by atoms with van der Waals surface area (Å²) < 4.78 is 5.17. The minimum absolute atomic E-state index is 0.0953. The van der Waals surface area contributed by atoms with Gasteiger partial charge in [0.2, 0.25) is 17.7 Å².